The molecule has 0 aromatic heterocycles. The van der Waals surface area contributed by atoms with E-state index in [1.165, 1.54) is 12.1 Å². The molecule has 1 aromatic rings. The average molecular weight is 549 g/mol. The van der Waals surface area contributed by atoms with E-state index in [2.05, 4.69) is 26.1 Å². The van der Waals surface area contributed by atoms with Gasteiger partial charge in [0.05, 0.1) is 36.6 Å². The van der Waals surface area contributed by atoms with Crippen LogP contribution in [0.3, 0.4) is 0 Å². The number of hydrogen-bond acceptors (Lipinski definition) is 5. The second-order valence-electron chi connectivity index (χ2n) is 11.0. The van der Waals surface area contributed by atoms with Gasteiger partial charge in [0.25, 0.3) is 0 Å². The molecule has 1 saturated heterocycles. The largest absolute Gasteiger partial charge is 0.381 e. The zero-order chi connectivity index (χ0) is 28.9. The van der Waals surface area contributed by atoms with Gasteiger partial charge >= 0.3 is 0 Å². The van der Waals surface area contributed by atoms with Crippen LogP contribution >= 0.6 is 0 Å². The Kier molecular flexibility index (Phi) is 14.1. The first-order chi connectivity index (χ1) is 18.7. The summed E-state index contributed by atoms with van der Waals surface area (Å²) in [4.78, 5) is 40.4. The van der Waals surface area contributed by atoms with Crippen LogP contribution in [0.1, 0.15) is 78.2 Å². The molecule has 1 heterocycles. The minimum Gasteiger partial charge on any atom is -0.381 e. The molecule has 1 fully saturated rings. The summed E-state index contributed by atoms with van der Waals surface area (Å²) >= 11 is 0. The number of halogens is 1. The van der Waals surface area contributed by atoms with Crippen molar-refractivity contribution in [2.45, 2.75) is 103 Å². The number of nitrogens with zero attached hydrogens (tertiary/aromatic N) is 1. The standard InChI is InChI=1S/C31H49FN2O5/c1-7-9-11-26(21(3)8-2)28(38-5)19-29(36)34-17-10-12-27(34)30(39-6)22(4)31(37)33-25(20-35)18-23-13-15-24(32)16-14-23/h13-16,20-22,25-28,30H,7-12,17-19H2,1-6H3,(H,33,37)/t21-,22+,25-,26-,27-,28+,30+/m0/s1. The molecule has 1 aromatic carbocycles. The maximum absolute atomic E-state index is 13.6. The van der Waals surface area contributed by atoms with E-state index in [0.717, 1.165) is 44.1 Å². The number of carbonyl (C=O) groups is 3. The number of aldehydes is 1. The van der Waals surface area contributed by atoms with E-state index in [-0.39, 0.29) is 36.2 Å². The number of amides is 2. The summed E-state index contributed by atoms with van der Waals surface area (Å²) in [5, 5.41) is 2.80. The molecule has 220 valence electrons. The molecule has 1 aliphatic heterocycles. The van der Waals surface area contributed by atoms with Crippen molar-refractivity contribution in [2.75, 3.05) is 20.8 Å². The van der Waals surface area contributed by atoms with Gasteiger partial charge in [0, 0.05) is 20.8 Å². The van der Waals surface area contributed by atoms with Gasteiger partial charge in [-0.1, -0.05) is 59.1 Å². The number of methoxy groups -OCH3 is 2. The Bertz CT molecular complexity index is 895. The minimum absolute atomic E-state index is 0.0332. The smallest absolute Gasteiger partial charge is 0.226 e. The first-order valence-electron chi connectivity index (χ1n) is 14.6. The number of benzene rings is 1. The van der Waals surface area contributed by atoms with E-state index < -0.39 is 18.1 Å². The van der Waals surface area contributed by atoms with Crippen molar-refractivity contribution in [1.82, 2.24) is 10.2 Å². The van der Waals surface area contributed by atoms with Gasteiger partial charge < -0.3 is 24.5 Å². The van der Waals surface area contributed by atoms with Crippen LogP contribution in [0.15, 0.2) is 24.3 Å². The molecular weight excluding hydrogens is 499 g/mol. The molecule has 0 aliphatic carbocycles. The molecule has 39 heavy (non-hydrogen) atoms. The van der Waals surface area contributed by atoms with Crippen LogP contribution in [-0.2, 0) is 30.3 Å². The van der Waals surface area contributed by atoms with Gasteiger partial charge in [-0.05, 0) is 55.2 Å². The first kappa shape index (κ1) is 32.9. The fourth-order valence-electron chi connectivity index (χ4n) is 5.89. The van der Waals surface area contributed by atoms with Crippen LogP contribution in [0.2, 0.25) is 0 Å². The van der Waals surface area contributed by atoms with Crippen LogP contribution in [0.4, 0.5) is 4.39 Å². The van der Waals surface area contributed by atoms with Crippen molar-refractivity contribution in [2.24, 2.45) is 17.8 Å². The second kappa shape index (κ2) is 16.7. The molecule has 0 spiro atoms. The lowest BCUT2D eigenvalue weighted by Gasteiger charge is -2.36. The number of ether oxygens (including phenoxy) is 2. The number of carbonyl (C=O) groups excluding carboxylic acids is 3. The summed E-state index contributed by atoms with van der Waals surface area (Å²) in [6.45, 7) is 8.99. The van der Waals surface area contributed by atoms with Crippen LogP contribution in [-0.4, -0.2) is 68.1 Å². The lowest BCUT2D eigenvalue weighted by atomic mass is 9.81. The quantitative estimate of drug-likeness (QED) is 0.279. The fraction of sp³-hybridized carbons (Fsp3) is 0.710. The topological polar surface area (TPSA) is 84.9 Å². The number of rotatable bonds is 17. The van der Waals surface area contributed by atoms with Crippen LogP contribution < -0.4 is 5.32 Å². The molecule has 8 heteroatoms. The van der Waals surface area contributed by atoms with E-state index in [0.29, 0.717) is 31.1 Å². The third-order valence-corrected chi connectivity index (χ3v) is 8.46. The Morgan fingerprint density at radius 2 is 1.85 bits per heavy atom. The van der Waals surface area contributed by atoms with Crippen molar-refractivity contribution in [1.29, 1.82) is 0 Å². The maximum Gasteiger partial charge on any atom is 0.226 e. The van der Waals surface area contributed by atoms with Gasteiger partial charge in [-0.3, -0.25) is 9.59 Å². The Labute approximate surface area is 234 Å². The highest BCUT2D eigenvalue weighted by molar-refractivity contribution is 5.82. The molecule has 7 atom stereocenters. The summed E-state index contributed by atoms with van der Waals surface area (Å²) in [6.07, 6.45) is 6.48. The highest BCUT2D eigenvalue weighted by Crippen LogP contribution is 2.31. The fourth-order valence-corrected chi connectivity index (χ4v) is 5.89. The third kappa shape index (κ3) is 9.38. The Balaban J connectivity index is 2.08. The Morgan fingerprint density at radius 3 is 2.41 bits per heavy atom. The average Bonchev–Trinajstić information content (AvgIpc) is 3.42. The van der Waals surface area contributed by atoms with E-state index in [9.17, 15) is 18.8 Å². The molecule has 1 N–H and O–H groups in total. The van der Waals surface area contributed by atoms with Gasteiger partial charge in [-0.15, -0.1) is 0 Å². The molecule has 7 nitrogen and oxygen atoms in total. The highest BCUT2D eigenvalue weighted by atomic mass is 19.1. The highest BCUT2D eigenvalue weighted by Gasteiger charge is 2.41. The van der Waals surface area contributed by atoms with E-state index >= 15 is 0 Å². The lowest BCUT2D eigenvalue weighted by molar-refractivity contribution is -0.143. The number of hydrogen-bond donors (Lipinski definition) is 1. The third-order valence-electron chi connectivity index (χ3n) is 8.46. The molecule has 0 radical (unpaired) electrons. The molecular formula is C31H49FN2O5. The summed E-state index contributed by atoms with van der Waals surface area (Å²) in [7, 11) is 3.26. The predicted octanol–water partition coefficient (Wildman–Crippen LogP) is 4.95. The summed E-state index contributed by atoms with van der Waals surface area (Å²) in [5.41, 5.74) is 0.750. The Hall–Kier alpha value is -2.32. The van der Waals surface area contributed by atoms with Gasteiger partial charge in [0.2, 0.25) is 11.8 Å². The maximum atomic E-state index is 13.6. The first-order valence-corrected chi connectivity index (χ1v) is 14.6. The van der Waals surface area contributed by atoms with Crippen molar-refractivity contribution >= 4 is 18.1 Å². The predicted molar refractivity (Wildman–Crippen MR) is 151 cm³/mol. The summed E-state index contributed by atoms with van der Waals surface area (Å²) < 4.78 is 24.9. The van der Waals surface area contributed by atoms with Gasteiger partial charge in [0.1, 0.15) is 12.1 Å². The number of likely N-dealkylation sites (tertiary alicyclic amines) is 1. The van der Waals surface area contributed by atoms with E-state index in [4.69, 9.17) is 9.47 Å². The molecule has 2 rings (SSSR count). The molecule has 0 unspecified atom stereocenters. The van der Waals surface area contributed by atoms with Crippen molar-refractivity contribution in [3.63, 3.8) is 0 Å². The van der Waals surface area contributed by atoms with Crippen molar-refractivity contribution in [3.8, 4) is 0 Å². The van der Waals surface area contributed by atoms with Crippen molar-refractivity contribution < 1.29 is 28.2 Å². The lowest BCUT2D eigenvalue weighted by Crippen LogP contribution is -2.52. The summed E-state index contributed by atoms with van der Waals surface area (Å²) in [6, 6.07) is 4.89. The Morgan fingerprint density at radius 1 is 1.15 bits per heavy atom. The number of nitrogens with one attached hydrogen (secondary N) is 1. The molecule has 2 amide bonds. The summed E-state index contributed by atoms with van der Waals surface area (Å²) in [5.74, 6) is -0.447. The van der Waals surface area contributed by atoms with E-state index in [1.54, 1.807) is 33.3 Å². The van der Waals surface area contributed by atoms with Gasteiger partial charge in [-0.25, -0.2) is 4.39 Å². The molecule has 0 saturated carbocycles. The molecule has 0 bridgehead atoms. The van der Waals surface area contributed by atoms with Crippen LogP contribution in [0.25, 0.3) is 0 Å². The normalized spacial score (nSPS) is 20.1. The zero-order valence-corrected chi connectivity index (χ0v) is 24.7. The minimum atomic E-state index is -0.743. The van der Waals surface area contributed by atoms with Gasteiger partial charge in [0.15, 0.2) is 0 Å². The van der Waals surface area contributed by atoms with Gasteiger partial charge in [-0.2, -0.15) is 0 Å². The van der Waals surface area contributed by atoms with E-state index in [1.807, 2.05) is 4.90 Å². The second-order valence-corrected chi connectivity index (χ2v) is 11.0. The van der Waals surface area contributed by atoms with Crippen LogP contribution in [0.5, 0.6) is 0 Å². The monoisotopic (exact) mass is 548 g/mol. The van der Waals surface area contributed by atoms with Crippen LogP contribution in [0, 0.1) is 23.6 Å². The zero-order valence-electron chi connectivity index (χ0n) is 24.7. The van der Waals surface area contributed by atoms with Crippen molar-refractivity contribution in [3.05, 3.63) is 35.6 Å². The SMILES string of the molecule is CCCC[C@@H]([C@@H](C)CC)[C@@H](CC(=O)N1CCC[C@H]1[C@H](OC)[C@@H](C)C(=O)N[C@H](C=O)Cc1ccc(F)cc1)OC. The number of unbranched alkanes of at least 4 members (excludes halogenated alkanes) is 1. The molecule has 1 aliphatic rings.